The number of halogens is 3. The van der Waals surface area contributed by atoms with Crippen LogP contribution in [0.25, 0.3) is 0 Å². The lowest BCUT2D eigenvalue weighted by molar-refractivity contribution is -0.138. The van der Waals surface area contributed by atoms with Gasteiger partial charge in [-0.1, -0.05) is 18.2 Å². The van der Waals surface area contributed by atoms with Gasteiger partial charge in [-0.2, -0.15) is 13.2 Å². The molecule has 0 amide bonds. The van der Waals surface area contributed by atoms with E-state index in [9.17, 15) is 18.3 Å². The summed E-state index contributed by atoms with van der Waals surface area (Å²) >= 11 is 1.58. The molecule has 4 rings (SSSR count). The fraction of sp³-hybridized carbons (Fsp3) is 0.591. The van der Waals surface area contributed by atoms with E-state index in [1.54, 1.807) is 17.4 Å². The van der Waals surface area contributed by atoms with Crippen molar-refractivity contribution in [2.24, 2.45) is 0 Å². The van der Waals surface area contributed by atoms with Gasteiger partial charge >= 0.3 is 6.18 Å². The Kier molecular flexibility index (Phi) is 6.69. The van der Waals surface area contributed by atoms with E-state index in [2.05, 4.69) is 16.8 Å². The molecule has 2 aliphatic heterocycles. The minimum Gasteiger partial charge on any atom is -0.383 e. The number of aromatic nitrogens is 1. The molecule has 0 saturated carbocycles. The predicted molar refractivity (Wildman–Crippen MR) is 115 cm³/mol. The lowest BCUT2D eigenvalue weighted by Crippen LogP contribution is -2.44. The van der Waals surface area contributed by atoms with Crippen molar-refractivity contribution in [3.63, 3.8) is 0 Å². The number of piperazine rings is 1. The first kappa shape index (κ1) is 22.7. The Bertz CT molecular complexity index is 872. The molecule has 3 heterocycles. The van der Waals surface area contributed by atoms with Gasteiger partial charge in [-0.25, -0.2) is 4.98 Å². The molecule has 1 aromatic heterocycles. The average molecular weight is 455 g/mol. The first-order valence-corrected chi connectivity index (χ1v) is 11.6. The molecular weight excluding hydrogens is 425 g/mol. The summed E-state index contributed by atoms with van der Waals surface area (Å²) in [6.45, 7) is 6.24. The van der Waals surface area contributed by atoms with Gasteiger partial charge in [-0.15, -0.1) is 11.3 Å². The number of hydrogen-bond donors (Lipinski definition) is 1. The van der Waals surface area contributed by atoms with E-state index >= 15 is 0 Å². The number of nitrogens with zero attached hydrogens (tertiary/aromatic N) is 4. The molecule has 1 N–H and O–H groups in total. The number of hydrogen-bond acceptors (Lipinski definition) is 6. The highest BCUT2D eigenvalue weighted by Crippen LogP contribution is 2.36. The molecule has 170 valence electrons. The second-order valence-corrected chi connectivity index (χ2v) is 9.61. The molecule has 0 radical (unpaired) electrons. The minimum absolute atomic E-state index is 0.234. The van der Waals surface area contributed by atoms with Crippen LogP contribution in [0.2, 0.25) is 0 Å². The van der Waals surface area contributed by atoms with Crippen LogP contribution in [0.4, 0.5) is 13.2 Å². The van der Waals surface area contributed by atoms with Crippen LogP contribution in [0.1, 0.15) is 34.7 Å². The first-order valence-electron chi connectivity index (χ1n) is 10.7. The van der Waals surface area contributed by atoms with Crippen molar-refractivity contribution < 1.29 is 18.3 Å². The third-order valence-corrected chi connectivity index (χ3v) is 7.22. The standard InChI is InChI=1S/C22H29F3N4OS/c1-27-10-12-29(13-11-27)15-20-26-19(16-31-20)21(30)6-8-28(9-7-21)14-17-4-2-3-5-18(17)22(23,24)25/h2-5,16,30H,6-15H2,1H3. The Balaban J connectivity index is 1.35. The van der Waals surface area contributed by atoms with Crippen molar-refractivity contribution in [2.45, 2.75) is 37.7 Å². The van der Waals surface area contributed by atoms with Crippen molar-refractivity contribution in [3.05, 3.63) is 51.5 Å². The number of piperidine rings is 1. The molecule has 0 spiro atoms. The monoisotopic (exact) mass is 454 g/mol. The van der Waals surface area contributed by atoms with Gasteiger partial charge in [0.15, 0.2) is 0 Å². The van der Waals surface area contributed by atoms with E-state index in [0.717, 1.165) is 43.8 Å². The van der Waals surface area contributed by atoms with Gasteiger partial charge in [0.25, 0.3) is 0 Å². The Morgan fingerprint density at radius 1 is 1.00 bits per heavy atom. The maximum Gasteiger partial charge on any atom is 0.416 e. The number of thiazole rings is 1. The molecule has 0 bridgehead atoms. The van der Waals surface area contributed by atoms with Gasteiger partial charge < -0.3 is 10.0 Å². The van der Waals surface area contributed by atoms with Gasteiger partial charge in [0, 0.05) is 51.2 Å². The predicted octanol–water partition coefficient (Wildman–Crippen LogP) is 3.39. The molecule has 0 atom stereocenters. The zero-order valence-electron chi connectivity index (χ0n) is 17.7. The molecule has 0 aliphatic carbocycles. The average Bonchev–Trinajstić information content (AvgIpc) is 3.21. The number of rotatable bonds is 5. The number of benzene rings is 1. The van der Waals surface area contributed by atoms with Gasteiger partial charge in [0.2, 0.25) is 0 Å². The van der Waals surface area contributed by atoms with Crippen molar-refractivity contribution in [1.29, 1.82) is 0 Å². The van der Waals surface area contributed by atoms with Gasteiger partial charge in [-0.05, 0) is 31.5 Å². The molecule has 2 aliphatic rings. The SMILES string of the molecule is CN1CCN(Cc2nc(C3(O)CCN(Cc4ccccc4C(F)(F)F)CC3)cs2)CC1. The van der Waals surface area contributed by atoms with Crippen molar-refractivity contribution in [2.75, 3.05) is 46.3 Å². The normalized spacial score (nSPS) is 21.5. The highest BCUT2D eigenvalue weighted by molar-refractivity contribution is 7.09. The van der Waals surface area contributed by atoms with E-state index in [4.69, 9.17) is 4.98 Å². The van der Waals surface area contributed by atoms with Crippen LogP contribution in [0, 0.1) is 0 Å². The van der Waals surface area contributed by atoms with Crippen molar-refractivity contribution >= 4 is 11.3 Å². The quantitative estimate of drug-likeness (QED) is 0.750. The number of likely N-dealkylation sites (tertiary alicyclic amines) is 1. The maximum absolute atomic E-state index is 13.3. The maximum atomic E-state index is 13.3. The summed E-state index contributed by atoms with van der Waals surface area (Å²) in [6.07, 6.45) is -3.41. The fourth-order valence-electron chi connectivity index (χ4n) is 4.31. The van der Waals surface area contributed by atoms with Crippen LogP contribution in [-0.4, -0.2) is 71.1 Å². The van der Waals surface area contributed by atoms with Crippen molar-refractivity contribution in [3.8, 4) is 0 Å². The summed E-state index contributed by atoms with van der Waals surface area (Å²) in [5, 5.41) is 14.1. The number of aliphatic hydroxyl groups is 1. The van der Waals surface area contributed by atoms with Crippen LogP contribution in [0.5, 0.6) is 0 Å². The van der Waals surface area contributed by atoms with Crippen LogP contribution in [0.3, 0.4) is 0 Å². The first-order chi connectivity index (χ1) is 14.7. The Labute approximate surface area is 185 Å². The van der Waals surface area contributed by atoms with Gasteiger partial charge in [0.1, 0.15) is 10.6 Å². The molecule has 2 saturated heterocycles. The fourth-order valence-corrected chi connectivity index (χ4v) is 5.24. The zero-order chi connectivity index (χ0) is 22.1. The molecular formula is C22H29F3N4OS. The Morgan fingerprint density at radius 3 is 2.32 bits per heavy atom. The van der Waals surface area contributed by atoms with E-state index in [0.29, 0.717) is 31.6 Å². The summed E-state index contributed by atoms with van der Waals surface area (Å²) in [7, 11) is 2.13. The summed E-state index contributed by atoms with van der Waals surface area (Å²) in [5.74, 6) is 0. The van der Waals surface area contributed by atoms with E-state index in [1.165, 1.54) is 12.1 Å². The molecule has 5 nitrogen and oxygen atoms in total. The number of likely N-dealkylation sites (N-methyl/N-ethyl adjacent to an activating group) is 1. The molecule has 1 aromatic carbocycles. The third kappa shape index (κ3) is 5.46. The molecule has 2 aromatic rings. The molecule has 2 fully saturated rings. The molecule has 9 heteroatoms. The lowest BCUT2D eigenvalue weighted by atomic mass is 9.88. The Hall–Kier alpha value is -1.52. The third-order valence-electron chi connectivity index (χ3n) is 6.38. The summed E-state index contributed by atoms with van der Waals surface area (Å²) in [4.78, 5) is 11.4. The van der Waals surface area contributed by atoms with Crippen molar-refractivity contribution in [1.82, 2.24) is 19.7 Å². The zero-order valence-corrected chi connectivity index (χ0v) is 18.6. The second-order valence-electron chi connectivity index (χ2n) is 8.67. The highest BCUT2D eigenvalue weighted by atomic mass is 32.1. The second kappa shape index (κ2) is 9.15. The highest BCUT2D eigenvalue weighted by Gasteiger charge is 2.38. The summed E-state index contributed by atoms with van der Waals surface area (Å²) < 4.78 is 39.8. The largest absolute Gasteiger partial charge is 0.416 e. The van der Waals surface area contributed by atoms with Gasteiger partial charge in [0.05, 0.1) is 17.8 Å². The Morgan fingerprint density at radius 2 is 1.65 bits per heavy atom. The minimum atomic E-state index is -4.35. The van der Waals surface area contributed by atoms with Crippen LogP contribution in [0.15, 0.2) is 29.6 Å². The van der Waals surface area contributed by atoms with Crippen LogP contribution >= 0.6 is 11.3 Å². The van der Waals surface area contributed by atoms with Crippen LogP contribution in [-0.2, 0) is 24.9 Å². The molecule has 0 unspecified atom stereocenters. The smallest absolute Gasteiger partial charge is 0.383 e. The summed E-state index contributed by atoms with van der Waals surface area (Å²) in [6, 6.07) is 5.73. The van der Waals surface area contributed by atoms with E-state index in [1.807, 2.05) is 10.3 Å². The topological polar surface area (TPSA) is 42.8 Å². The van der Waals surface area contributed by atoms with E-state index in [-0.39, 0.29) is 12.1 Å². The number of alkyl halides is 3. The van der Waals surface area contributed by atoms with Crippen LogP contribution < -0.4 is 0 Å². The van der Waals surface area contributed by atoms with Gasteiger partial charge in [-0.3, -0.25) is 9.80 Å². The molecule has 31 heavy (non-hydrogen) atoms. The lowest BCUT2D eigenvalue weighted by Gasteiger charge is -2.37. The van der Waals surface area contributed by atoms with E-state index < -0.39 is 17.3 Å². The summed E-state index contributed by atoms with van der Waals surface area (Å²) in [5.41, 5.74) is -0.596.